The normalized spacial score (nSPS) is 32.2. The maximum atomic E-state index is 12.2. The lowest BCUT2D eigenvalue weighted by atomic mass is 9.85. The maximum absolute atomic E-state index is 12.2. The van der Waals surface area contributed by atoms with Crippen LogP contribution < -0.4 is 5.32 Å². The van der Waals surface area contributed by atoms with E-state index in [-0.39, 0.29) is 24.5 Å². The summed E-state index contributed by atoms with van der Waals surface area (Å²) in [6, 6.07) is 3.79. The van der Waals surface area contributed by atoms with E-state index in [9.17, 15) is 9.90 Å². The van der Waals surface area contributed by atoms with E-state index in [0.717, 1.165) is 12.8 Å². The van der Waals surface area contributed by atoms with E-state index >= 15 is 0 Å². The maximum Gasteiger partial charge on any atom is 0.262 e. The number of carbonyl (C=O) groups excluding carboxylic acids is 1. The quantitative estimate of drug-likeness (QED) is 0.883. The SMILES string of the molecule is N#Cc1ccsc1C(=O)NC1C2CCC(C2)C1CO. The lowest BCUT2D eigenvalue weighted by Crippen LogP contribution is -2.45. The van der Waals surface area contributed by atoms with Crippen LogP contribution in [-0.2, 0) is 0 Å². The molecule has 0 radical (unpaired) electrons. The molecular formula is C14H16N2O2S. The predicted octanol–water partition coefficient (Wildman–Crippen LogP) is 1.76. The number of thiophene rings is 1. The molecule has 4 unspecified atom stereocenters. The summed E-state index contributed by atoms with van der Waals surface area (Å²) in [5.74, 6) is 1.08. The van der Waals surface area contributed by atoms with Crippen molar-refractivity contribution < 1.29 is 9.90 Å². The summed E-state index contributed by atoms with van der Waals surface area (Å²) in [7, 11) is 0. The average molecular weight is 276 g/mol. The molecule has 1 aromatic heterocycles. The third-order valence-corrected chi connectivity index (χ3v) is 5.50. The monoisotopic (exact) mass is 276 g/mol. The zero-order valence-corrected chi connectivity index (χ0v) is 11.3. The number of carbonyl (C=O) groups is 1. The lowest BCUT2D eigenvalue weighted by molar-refractivity contribution is 0.0865. The van der Waals surface area contributed by atoms with Gasteiger partial charge < -0.3 is 10.4 Å². The molecule has 0 saturated heterocycles. The van der Waals surface area contributed by atoms with Crippen molar-refractivity contribution >= 4 is 17.2 Å². The lowest BCUT2D eigenvalue weighted by Gasteiger charge is -2.30. The molecule has 1 heterocycles. The van der Waals surface area contributed by atoms with Crippen LogP contribution in [0, 0.1) is 29.1 Å². The molecule has 5 heteroatoms. The van der Waals surface area contributed by atoms with E-state index in [4.69, 9.17) is 5.26 Å². The molecule has 0 spiro atoms. The molecule has 2 saturated carbocycles. The Kier molecular flexibility index (Phi) is 3.29. The predicted molar refractivity (Wildman–Crippen MR) is 71.7 cm³/mol. The second-order valence-corrected chi connectivity index (χ2v) is 6.37. The van der Waals surface area contributed by atoms with Gasteiger partial charge in [0.25, 0.3) is 5.91 Å². The largest absolute Gasteiger partial charge is 0.396 e. The van der Waals surface area contributed by atoms with Crippen molar-refractivity contribution in [2.24, 2.45) is 17.8 Å². The van der Waals surface area contributed by atoms with Crippen LogP contribution in [0.1, 0.15) is 34.5 Å². The van der Waals surface area contributed by atoms with E-state index in [2.05, 4.69) is 5.32 Å². The number of nitriles is 1. The van der Waals surface area contributed by atoms with Gasteiger partial charge in [-0.3, -0.25) is 4.79 Å². The standard InChI is InChI=1S/C14H16N2O2S/c15-6-10-3-4-19-13(10)14(18)16-12-9-2-1-8(5-9)11(12)7-17/h3-4,8-9,11-12,17H,1-2,5,7H2,(H,16,18). The van der Waals surface area contributed by atoms with Crippen molar-refractivity contribution in [3.8, 4) is 6.07 Å². The van der Waals surface area contributed by atoms with Gasteiger partial charge in [-0.2, -0.15) is 5.26 Å². The van der Waals surface area contributed by atoms with Crippen LogP contribution in [0.15, 0.2) is 11.4 Å². The number of hydrogen-bond donors (Lipinski definition) is 2. The van der Waals surface area contributed by atoms with E-state index in [1.165, 1.54) is 17.8 Å². The second kappa shape index (κ2) is 4.95. The van der Waals surface area contributed by atoms with Gasteiger partial charge in [-0.1, -0.05) is 0 Å². The number of nitrogens with one attached hydrogen (secondary N) is 1. The molecule has 2 aliphatic carbocycles. The van der Waals surface area contributed by atoms with Crippen molar-refractivity contribution in [1.29, 1.82) is 5.26 Å². The van der Waals surface area contributed by atoms with Gasteiger partial charge in [0.2, 0.25) is 0 Å². The summed E-state index contributed by atoms with van der Waals surface area (Å²) in [5, 5.41) is 23.3. The Balaban J connectivity index is 1.75. The number of aliphatic hydroxyl groups excluding tert-OH is 1. The fourth-order valence-corrected chi connectivity index (χ4v) is 4.43. The summed E-state index contributed by atoms with van der Waals surface area (Å²) >= 11 is 1.30. The number of amides is 1. The van der Waals surface area contributed by atoms with Crippen molar-refractivity contribution in [2.45, 2.75) is 25.3 Å². The fourth-order valence-electron chi connectivity index (χ4n) is 3.69. The third kappa shape index (κ3) is 2.05. The molecule has 2 N–H and O–H groups in total. The van der Waals surface area contributed by atoms with Gasteiger partial charge in [0.15, 0.2) is 0 Å². The van der Waals surface area contributed by atoms with E-state index < -0.39 is 0 Å². The highest BCUT2D eigenvalue weighted by Crippen LogP contribution is 2.48. The molecule has 2 aliphatic rings. The molecule has 0 aromatic carbocycles. The zero-order valence-electron chi connectivity index (χ0n) is 10.5. The van der Waals surface area contributed by atoms with Crippen molar-refractivity contribution in [3.05, 3.63) is 21.9 Å². The minimum atomic E-state index is -0.164. The van der Waals surface area contributed by atoms with Gasteiger partial charge in [-0.05, 0) is 42.5 Å². The highest BCUT2D eigenvalue weighted by Gasteiger charge is 2.47. The van der Waals surface area contributed by atoms with Crippen LogP contribution in [0.4, 0.5) is 0 Å². The topological polar surface area (TPSA) is 73.1 Å². The summed E-state index contributed by atoms with van der Waals surface area (Å²) < 4.78 is 0. The molecule has 4 atom stereocenters. The molecule has 100 valence electrons. The molecule has 4 nitrogen and oxygen atoms in total. The van der Waals surface area contributed by atoms with Crippen molar-refractivity contribution in [3.63, 3.8) is 0 Å². The Labute approximate surface area is 116 Å². The molecule has 2 fully saturated rings. The smallest absolute Gasteiger partial charge is 0.262 e. The number of fused-ring (bicyclic) bond motifs is 2. The Morgan fingerprint density at radius 1 is 1.53 bits per heavy atom. The van der Waals surface area contributed by atoms with Gasteiger partial charge in [0.1, 0.15) is 10.9 Å². The summed E-state index contributed by atoms with van der Waals surface area (Å²) in [6.07, 6.45) is 3.43. The van der Waals surface area contributed by atoms with Gasteiger partial charge in [-0.15, -0.1) is 11.3 Å². The Morgan fingerprint density at radius 3 is 3.05 bits per heavy atom. The molecule has 0 aliphatic heterocycles. The van der Waals surface area contributed by atoms with Crippen LogP contribution in [0.5, 0.6) is 0 Å². The summed E-state index contributed by atoms with van der Waals surface area (Å²) in [4.78, 5) is 12.7. The Morgan fingerprint density at radius 2 is 2.32 bits per heavy atom. The average Bonchev–Trinajstić information content (AvgIpc) is 3.13. The van der Waals surface area contributed by atoms with Crippen LogP contribution in [0.25, 0.3) is 0 Å². The Hall–Kier alpha value is -1.38. The highest BCUT2D eigenvalue weighted by molar-refractivity contribution is 7.12. The first-order valence-electron chi connectivity index (χ1n) is 6.64. The molecule has 1 aromatic rings. The van der Waals surface area contributed by atoms with Crippen LogP contribution in [0.3, 0.4) is 0 Å². The van der Waals surface area contributed by atoms with E-state index in [1.807, 2.05) is 6.07 Å². The first kappa shape index (κ1) is 12.6. The Bertz CT molecular complexity index is 534. The van der Waals surface area contributed by atoms with E-state index in [1.54, 1.807) is 11.4 Å². The number of rotatable bonds is 3. The first-order valence-corrected chi connectivity index (χ1v) is 7.52. The minimum Gasteiger partial charge on any atom is -0.396 e. The third-order valence-electron chi connectivity index (χ3n) is 4.59. The van der Waals surface area contributed by atoms with Gasteiger partial charge in [0.05, 0.1) is 5.56 Å². The number of hydrogen-bond acceptors (Lipinski definition) is 4. The molecule has 1 amide bonds. The van der Waals surface area contributed by atoms with Gasteiger partial charge in [0, 0.05) is 18.6 Å². The van der Waals surface area contributed by atoms with E-state index in [0.29, 0.717) is 22.3 Å². The highest BCUT2D eigenvalue weighted by atomic mass is 32.1. The molecular weight excluding hydrogens is 260 g/mol. The zero-order chi connectivity index (χ0) is 13.4. The van der Waals surface area contributed by atoms with Crippen LogP contribution in [-0.4, -0.2) is 23.7 Å². The van der Waals surface area contributed by atoms with Crippen LogP contribution >= 0.6 is 11.3 Å². The van der Waals surface area contributed by atoms with Crippen molar-refractivity contribution in [2.75, 3.05) is 6.61 Å². The summed E-state index contributed by atoms with van der Waals surface area (Å²) in [5.41, 5.74) is 0.436. The van der Waals surface area contributed by atoms with Gasteiger partial charge in [-0.25, -0.2) is 0 Å². The summed E-state index contributed by atoms with van der Waals surface area (Å²) in [6.45, 7) is 0.141. The van der Waals surface area contributed by atoms with Crippen LogP contribution in [0.2, 0.25) is 0 Å². The first-order chi connectivity index (χ1) is 9.24. The fraction of sp³-hybridized carbons (Fsp3) is 0.571. The molecule has 3 rings (SSSR count). The van der Waals surface area contributed by atoms with Crippen molar-refractivity contribution in [1.82, 2.24) is 5.32 Å². The molecule has 19 heavy (non-hydrogen) atoms. The number of nitrogens with zero attached hydrogens (tertiary/aromatic N) is 1. The minimum absolute atomic E-state index is 0.0740. The molecule has 2 bridgehead atoms. The number of aliphatic hydroxyl groups is 1. The van der Waals surface area contributed by atoms with Gasteiger partial charge >= 0.3 is 0 Å². The second-order valence-electron chi connectivity index (χ2n) is 5.45.